The normalized spacial score (nSPS) is 19.2. The van der Waals surface area contributed by atoms with Crippen molar-refractivity contribution in [2.75, 3.05) is 26.7 Å². The molecule has 1 N–H and O–H groups in total. The van der Waals surface area contributed by atoms with Gasteiger partial charge in [-0.2, -0.15) is 18.3 Å². The molecule has 0 amide bonds. The van der Waals surface area contributed by atoms with Crippen molar-refractivity contribution in [3.63, 3.8) is 0 Å². The summed E-state index contributed by atoms with van der Waals surface area (Å²) in [6.07, 6.45) is -0.227. The Morgan fingerprint density at radius 2 is 2.23 bits per heavy atom. The van der Waals surface area contributed by atoms with Crippen LogP contribution in [0.15, 0.2) is 17.4 Å². The van der Waals surface area contributed by atoms with Gasteiger partial charge >= 0.3 is 6.18 Å². The SMILES string of the molecule is CN=C(NCCC(F)(F)F)N1CCC(c2cnn(C)c2)C1.I. The molecule has 1 fully saturated rings. The van der Waals surface area contributed by atoms with Crippen LogP contribution in [-0.2, 0) is 7.05 Å². The summed E-state index contributed by atoms with van der Waals surface area (Å²) >= 11 is 0. The monoisotopic (exact) mass is 431 g/mol. The lowest BCUT2D eigenvalue weighted by Crippen LogP contribution is -2.41. The molecule has 1 aromatic heterocycles. The fourth-order valence-electron chi connectivity index (χ4n) is 2.52. The zero-order valence-corrected chi connectivity index (χ0v) is 14.9. The van der Waals surface area contributed by atoms with Gasteiger partial charge in [0.2, 0.25) is 0 Å². The maximum atomic E-state index is 12.2. The van der Waals surface area contributed by atoms with Crippen LogP contribution >= 0.6 is 24.0 Å². The first-order chi connectivity index (χ1) is 9.89. The summed E-state index contributed by atoms with van der Waals surface area (Å²) < 4.78 is 38.3. The lowest BCUT2D eigenvalue weighted by Gasteiger charge is -2.21. The summed E-state index contributed by atoms with van der Waals surface area (Å²) in [5.74, 6) is 0.880. The molecule has 1 unspecified atom stereocenters. The molecule has 0 spiro atoms. The van der Waals surface area contributed by atoms with Gasteiger partial charge in [-0.15, -0.1) is 24.0 Å². The van der Waals surface area contributed by atoms with Crippen LogP contribution in [0.1, 0.15) is 24.3 Å². The maximum absolute atomic E-state index is 12.2. The molecule has 0 aromatic carbocycles. The second-order valence-electron chi connectivity index (χ2n) is 5.22. The molecule has 1 aromatic rings. The Bertz CT molecular complexity index is 500. The van der Waals surface area contributed by atoms with E-state index < -0.39 is 12.6 Å². The Kier molecular flexibility index (Phi) is 6.95. The molecule has 0 radical (unpaired) electrons. The summed E-state index contributed by atoms with van der Waals surface area (Å²) in [4.78, 5) is 6.06. The van der Waals surface area contributed by atoms with Gasteiger partial charge in [-0.3, -0.25) is 9.67 Å². The van der Waals surface area contributed by atoms with Crippen molar-refractivity contribution in [2.24, 2.45) is 12.0 Å². The number of aliphatic imine (C=N–C) groups is 1. The van der Waals surface area contributed by atoms with E-state index in [1.165, 1.54) is 0 Å². The molecule has 1 atom stereocenters. The number of likely N-dealkylation sites (tertiary alicyclic amines) is 1. The van der Waals surface area contributed by atoms with Gasteiger partial charge in [0, 0.05) is 45.8 Å². The van der Waals surface area contributed by atoms with Crippen LogP contribution in [0.25, 0.3) is 0 Å². The summed E-state index contributed by atoms with van der Waals surface area (Å²) in [5, 5.41) is 6.94. The standard InChI is InChI=1S/C13H20F3N5.HI/c1-17-12(18-5-4-13(14,15)16)21-6-3-10(9-21)11-7-19-20(2)8-11;/h7-8,10H,3-6,9H2,1-2H3,(H,17,18);1H. The van der Waals surface area contributed by atoms with Crippen molar-refractivity contribution in [1.82, 2.24) is 20.0 Å². The summed E-state index contributed by atoms with van der Waals surface area (Å²) in [5.41, 5.74) is 1.16. The number of hydrogen-bond donors (Lipinski definition) is 1. The van der Waals surface area contributed by atoms with Gasteiger partial charge in [0.05, 0.1) is 12.6 Å². The van der Waals surface area contributed by atoms with Crippen LogP contribution in [0.5, 0.6) is 0 Å². The highest BCUT2D eigenvalue weighted by Gasteiger charge is 2.29. The Labute approximate surface area is 145 Å². The third-order valence-electron chi connectivity index (χ3n) is 3.59. The zero-order chi connectivity index (χ0) is 15.5. The minimum atomic E-state index is -4.14. The number of hydrogen-bond acceptors (Lipinski definition) is 2. The van der Waals surface area contributed by atoms with Gasteiger partial charge in [0.25, 0.3) is 0 Å². The second kappa shape index (κ2) is 8.02. The minimum Gasteiger partial charge on any atom is -0.356 e. The lowest BCUT2D eigenvalue weighted by atomic mass is 10.0. The molecule has 1 aliphatic rings. The van der Waals surface area contributed by atoms with Crippen LogP contribution in [0, 0.1) is 0 Å². The molecule has 2 heterocycles. The lowest BCUT2D eigenvalue weighted by molar-refractivity contribution is -0.132. The van der Waals surface area contributed by atoms with Gasteiger partial charge in [-0.25, -0.2) is 0 Å². The van der Waals surface area contributed by atoms with E-state index in [4.69, 9.17) is 0 Å². The molecular weight excluding hydrogens is 410 g/mol. The number of rotatable bonds is 3. The zero-order valence-electron chi connectivity index (χ0n) is 12.6. The molecule has 5 nitrogen and oxygen atoms in total. The molecular formula is C13H21F3IN5. The Hall–Kier alpha value is -1.00. The van der Waals surface area contributed by atoms with Crippen molar-refractivity contribution in [3.8, 4) is 0 Å². The second-order valence-corrected chi connectivity index (χ2v) is 5.22. The van der Waals surface area contributed by atoms with E-state index in [-0.39, 0.29) is 30.5 Å². The molecule has 9 heteroatoms. The molecule has 22 heavy (non-hydrogen) atoms. The number of aryl methyl sites for hydroxylation is 1. The number of nitrogens with zero attached hydrogens (tertiary/aromatic N) is 4. The number of aromatic nitrogens is 2. The summed E-state index contributed by atoms with van der Waals surface area (Å²) in [7, 11) is 3.46. The van der Waals surface area contributed by atoms with E-state index in [1.54, 1.807) is 11.7 Å². The topological polar surface area (TPSA) is 45.5 Å². The van der Waals surface area contributed by atoms with Crippen LogP contribution in [-0.4, -0.2) is 53.5 Å². The summed E-state index contributed by atoms with van der Waals surface area (Å²) in [6.45, 7) is 1.38. The maximum Gasteiger partial charge on any atom is 0.390 e. The fourth-order valence-corrected chi connectivity index (χ4v) is 2.52. The predicted octanol–water partition coefficient (Wildman–Crippen LogP) is 2.36. The highest BCUT2D eigenvalue weighted by atomic mass is 127. The highest BCUT2D eigenvalue weighted by molar-refractivity contribution is 14.0. The molecule has 1 aliphatic heterocycles. The predicted molar refractivity (Wildman–Crippen MR) is 89.6 cm³/mol. The average molecular weight is 431 g/mol. The van der Waals surface area contributed by atoms with E-state index in [9.17, 15) is 13.2 Å². The first-order valence-corrected chi connectivity index (χ1v) is 6.90. The fraction of sp³-hybridized carbons (Fsp3) is 0.692. The molecule has 126 valence electrons. The number of nitrogens with one attached hydrogen (secondary N) is 1. The van der Waals surface area contributed by atoms with Gasteiger partial charge in [-0.05, 0) is 12.0 Å². The molecule has 2 rings (SSSR count). The van der Waals surface area contributed by atoms with Crippen LogP contribution < -0.4 is 5.32 Å². The van der Waals surface area contributed by atoms with Crippen LogP contribution in [0.2, 0.25) is 0 Å². The average Bonchev–Trinajstić information content (AvgIpc) is 3.02. The van der Waals surface area contributed by atoms with Crippen molar-refractivity contribution >= 4 is 29.9 Å². The van der Waals surface area contributed by atoms with E-state index >= 15 is 0 Å². The van der Waals surface area contributed by atoms with Crippen LogP contribution in [0.4, 0.5) is 13.2 Å². The first-order valence-electron chi connectivity index (χ1n) is 6.90. The van der Waals surface area contributed by atoms with E-state index in [1.807, 2.05) is 24.3 Å². The van der Waals surface area contributed by atoms with Crippen molar-refractivity contribution in [3.05, 3.63) is 18.0 Å². The number of alkyl halides is 3. The van der Waals surface area contributed by atoms with Gasteiger partial charge in [-0.1, -0.05) is 0 Å². The van der Waals surface area contributed by atoms with Crippen molar-refractivity contribution < 1.29 is 13.2 Å². The Balaban J connectivity index is 0.00000242. The largest absolute Gasteiger partial charge is 0.390 e. The van der Waals surface area contributed by atoms with Gasteiger partial charge in [0.1, 0.15) is 0 Å². The molecule has 1 saturated heterocycles. The van der Waals surface area contributed by atoms with Crippen molar-refractivity contribution in [1.29, 1.82) is 0 Å². The minimum absolute atomic E-state index is 0. The van der Waals surface area contributed by atoms with Gasteiger partial charge in [0.15, 0.2) is 5.96 Å². The third-order valence-corrected chi connectivity index (χ3v) is 3.59. The van der Waals surface area contributed by atoms with Crippen LogP contribution in [0.3, 0.4) is 0 Å². The third kappa shape index (κ3) is 5.33. The van der Waals surface area contributed by atoms with Crippen molar-refractivity contribution in [2.45, 2.75) is 24.9 Å². The van der Waals surface area contributed by atoms with E-state index in [0.29, 0.717) is 11.9 Å². The highest BCUT2D eigenvalue weighted by Crippen LogP contribution is 2.26. The number of guanidine groups is 1. The Morgan fingerprint density at radius 1 is 1.50 bits per heavy atom. The molecule has 0 saturated carbocycles. The van der Waals surface area contributed by atoms with Gasteiger partial charge < -0.3 is 10.2 Å². The first kappa shape index (κ1) is 19.0. The van der Waals surface area contributed by atoms with E-state index in [2.05, 4.69) is 15.4 Å². The number of halogens is 4. The molecule has 0 bridgehead atoms. The summed E-state index contributed by atoms with van der Waals surface area (Å²) in [6, 6.07) is 0. The smallest absolute Gasteiger partial charge is 0.356 e. The molecule has 0 aliphatic carbocycles. The van der Waals surface area contributed by atoms with E-state index in [0.717, 1.165) is 25.1 Å². The quantitative estimate of drug-likeness (QED) is 0.454. The Morgan fingerprint density at radius 3 is 2.77 bits per heavy atom.